The largest absolute Gasteiger partial charge is 0.493 e. The van der Waals surface area contributed by atoms with Gasteiger partial charge in [-0.1, -0.05) is 12.8 Å². The van der Waals surface area contributed by atoms with E-state index in [1.807, 2.05) is 12.1 Å². The fraction of sp³-hybridized carbons (Fsp3) is 0.458. The van der Waals surface area contributed by atoms with Crippen LogP contribution in [0.2, 0.25) is 0 Å². The molecule has 0 fully saturated rings. The minimum atomic E-state index is -1.23. The number of unbranched alkanes of at least 4 members (excludes halogenated alkanes) is 2. The first-order valence-corrected chi connectivity index (χ1v) is 10.7. The second-order valence-corrected chi connectivity index (χ2v) is 8.69. The van der Waals surface area contributed by atoms with Crippen molar-refractivity contribution in [3.05, 3.63) is 45.7 Å². The van der Waals surface area contributed by atoms with Crippen LogP contribution in [0.3, 0.4) is 0 Å². The fourth-order valence-electron chi connectivity index (χ4n) is 3.85. The average Bonchev–Trinajstić information content (AvgIpc) is 2.74. The van der Waals surface area contributed by atoms with Crippen molar-refractivity contribution in [2.75, 3.05) is 13.7 Å². The molecule has 1 aromatic heterocycles. The molecule has 0 unspecified atom stereocenters. The van der Waals surface area contributed by atoms with Crippen LogP contribution in [0.1, 0.15) is 55.5 Å². The maximum atomic E-state index is 12.2. The number of aryl methyl sites for hydroxylation is 2. The minimum Gasteiger partial charge on any atom is -0.493 e. The quantitative estimate of drug-likeness (QED) is 0.536. The minimum absolute atomic E-state index is 0.240. The first-order valence-electron chi connectivity index (χ1n) is 10.7. The molecule has 3 rings (SSSR count). The number of aliphatic carboxylic acids is 1. The number of benzene rings is 1. The van der Waals surface area contributed by atoms with Gasteiger partial charge in [0.05, 0.1) is 24.8 Å². The van der Waals surface area contributed by atoms with E-state index in [0.29, 0.717) is 43.2 Å². The third kappa shape index (κ3) is 4.95. The van der Waals surface area contributed by atoms with E-state index in [0.717, 1.165) is 30.4 Å². The number of rotatable bonds is 10. The van der Waals surface area contributed by atoms with Gasteiger partial charge < -0.3 is 24.3 Å². The van der Waals surface area contributed by atoms with Gasteiger partial charge in [0.25, 0.3) is 0 Å². The lowest BCUT2D eigenvalue weighted by molar-refractivity contribution is -0.147. The van der Waals surface area contributed by atoms with Crippen molar-refractivity contribution >= 4 is 11.9 Å². The predicted octanol–water partition coefficient (Wildman–Crippen LogP) is 3.83. The first-order chi connectivity index (χ1) is 15.1. The molecule has 0 bridgehead atoms. The van der Waals surface area contributed by atoms with Crippen LogP contribution in [0.5, 0.6) is 11.5 Å². The monoisotopic (exact) mass is 443 g/mol. The molecule has 8 heteroatoms. The molecule has 0 amide bonds. The summed E-state index contributed by atoms with van der Waals surface area (Å²) in [7, 11) is 1.55. The highest BCUT2D eigenvalue weighted by Gasteiger charge is 2.26. The van der Waals surface area contributed by atoms with Crippen LogP contribution in [0.25, 0.3) is 11.3 Å². The lowest BCUT2D eigenvalue weighted by Gasteiger charge is -2.24. The van der Waals surface area contributed by atoms with Gasteiger partial charge in [0.2, 0.25) is 0 Å². The Hall–Kier alpha value is -3.29. The second kappa shape index (κ2) is 9.46. The summed E-state index contributed by atoms with van der Waals surface area (Å²) in [4.78, 5) is 34.6. The molecular formula is C24H29NO7. The second-order valence-electron chi connectivity index (χ2n) is 8.69. The predicted molar refractivity (Wildman–Crippen MR) is 119 cm³/mol. The summed E-state index contributed by atoms with van der Waals surface area (Å²) in [6.07, 6.45) is 5.17. The van der Waals surface area contributed by atoms with E-state index in [2.05, 4.69) is 0 Å². The van der Waals surface area contributed by atoms with Crippen LogP contribution in [-0.2, 0) is 17.8 Å². The molecule has 172 valence electrons. The Balaban J connectivity index is 1.70. The summed E-state index contributed by atoms with van der Waals surface area (Å²) >= 11 is 0. The molecule has 0 saturated carbocycles. The number of hydrogen-bond acceptors (Lipinski definition) is 5. The van der Waals surface area contributed by atoms with Gasteiger partial charge in [0, 0.05) is 24.4 Å². The zero-order chi connectivity index (χ0) is 23.5. The highest BCUT2D eigenvalue weighted by atomic mass is 16.5. The Kier molecular flexibility index (Phi) is 6.91. The number of carbonyl (C=O) groups is 2. The van der Waals surface area contributed by atoms with Gasteiger partial charge in [-0.15, -0.1) is 0 Å². The number of nitrogens with zero attached hydrogens (tertiary/aromatic N) is 1. The van der Waals surface area contributed by atoms with Crippen molar-refractivity contribution in [2.24, 2.45) is 5.41 Å². The van der Waals surface area contributed by atoms with Crippen molar-refractivity contribution in [3.63, 3.8) is 0 Å². The Morgan fingerprint density at radius 1 is 1.09 bits per heavy atom. The van der Waals surface area contributed by atoms with E-state index >= 15 is 0 Å². The molecule has 2 heterocycles. The van der Waals surface area contributed by atoms with E-state index in [-0.39, 0.29) is 5.56 Å². The van der Waals surface area contributed by atoms with Crippen LogP contribution in [-0.4, -0.2) is 40.4 Å². The van der Waals surface area contributed by atoms with E-state index in [1.54, 1.807) is 25.5 Å². The van der Waals surface area contributed by atoms with Crippen molar-refractivity contribution in [2.45, 2.75) is 52.5 Å². The maximum absolute atomic E-state index is 12.2. The Morgan fingerprint density at radius 3 is 2.50 bits per heavy atom. The SMILES string of the molecule is COc1cc2c(cc1OCCCCCC(C)(C)C(=O)O)CCn1cc(C(=O)O)c(=O)cc1-2. The van der Waals surface area contributed by atoms with Gasteiger partial charge in [-0.2, -0.15) is 0 Å². The lowest BCUT2D eigenvalue weighted by atomic mass is 9.87. The normalized spacial score (nSPS) is 12.6. The van der Waals surface area contributed by atoms with Crippen LogP contribution in [0.4, 0.5) is 0 Å². The molecule has 1 aliphatic rings. The van der Waals surface area contributed by atoms with Crippen LogP contribution < -0.4 is 14.9 Å². The van der Waals surface area contributed by atoms with Gasteiger partial charge >= 0.3 is 11.9 Å². The number of carboxylic acid groups (broad SMARTS) is 2. The standard InChI is InChI=1S/C24H29NO7/c1-24(2,23(29)30)8-5-4-6-10-32-21-11-15-7-9-25-14-17(22(27)28)19(26)13-18(25)16(15)12-20(21)31-3/h11-14H,4-10H2,1-3H3,(H,27,28)(H,29,30). The van der Waals surface area contributed by atoms with Crippen LogP contribution in [0.15, 0.2) is 29.2 Å². The van der Waals surface area contributed by atoms with Gasteiger partial charge in [-0.3, -0.25) is 9.59 Å². The number of ether oxygens (including phenoxy) is 2. The van der Waals surface area contributed by atoms with E-state index in [4.69, 9.17) is 9.47 Å². The van der Waals surface area contributed by atoms with Crippen molar-refractivity contribution in [1.29, 1.82) is 0 Å². The molecule has 0 radical (unpaired) electrons. The summed E-state index contributed by atoms with van der Waals surface area (Å²) in [6.45, 7) is 4.52. The Bertz CT molecular complexity index is 1080. The number of pyridine rings is 1. The summed E-state index contributed by atoms with van der Waals surface area (Å²) in [5.41, 5.74) is 1.01. The summed E-state index contributed by atoms with van der Waals surface area (Å²) in [5.74, 6) is -0.853. The molecule has 32 heavy (non-hydrogen) atoms. The summed E-state index contributed by atoms with van der Waals surface area (Å²) in [6, 6.07) is 5.10. The smallest absolute Gasteiger partial charge is 0.341 e. The Morgan fingerprint density at radius 2 is 1.84 bits per heavy atom. The molecule has 0 saturated heterocycles. The summed E-state index contributed by atoms with van der Waals surface area (Å²) in [5, 5.41) is 18.4. The molecule has 1 aliphatic heterocycles. The average molecular weight is 443 g/mol. The zero-order valence-electron chi connectivity index (χ0n) is 18.6. The first kappa shape index (κ1) is 23.4. The van der Waals surface area contributed by atoms with Crippen molar-refractivity contribution in [3.8, 4) is 22.8 Å². The highest BCUT2D eigenvalue weighted by Crippen LogP contribution is 2.38. The number of carboxylic acids is 2. The van der Waals surface area contributed by atoms with Gasteiger partial charge in [0.1, 0.15) is 5.56 Å². The van der Waals surface area contributed by atoms with E-state index in [1.165, 1.54) is 12.3 Å². The maximum Gasteiger partial charge on any atom is 0.341 e. The van der Waals surface area contributed by atoms with Gasteiger partial charge in [-0.05, 0) is 50.8 Å². The van der Waals surface area contributed by atoms with Gasteiger partial charge in [-0.25, -0.2) is 4.79 Å². The number of fused-ring (bicyclic) bond motifs is 3. The third-order valence-electron chi connectivity index (χ3n) is 5.93. The molecular weight excluding hydrogens is 414 g/mol. The van der Waals surface area contributed by atoms with Crippen molar-refractivity contribution < 1.29 is 29.3 Å². The Labute approximate surface area is 186 Å². The molecule has 0 atom stereocenters. The molecule has 2 aromatic rings. The molecule has 8 nitrogen and oxygen atoms in total. The topological polar surface area (TPSA) is 115 Å². The number of methoxy groups -OCH3 is 1. The lowest BCUT2D eigenvalue weighted by Crippen LogP contribution is -2.23. The molecule has 2 N–H and O–H groups in total. The third-order valence-corrected chi connectivity index (χ3v) is 5.93. The molecule has 0 aliphatic carbocycles. The van der Waals surface area contributed by atoms with Gasteiger partial charge in [0.15, 0.2) is 16.9 Å². The molecule has 1 aromatic carbocycles. The van der Waals surface area contributed by atoms with E-state index < -0.39 is 22.8 Å². The summed E-state index contributed by atoms with van der Waals surface area (Å²) < 4.78 is 13.2. The number of hydrogen-bond donors (Lipinski definition) is 2. The molecule has 0 spiro atoms. The highest BCUT2D eigenvalue weighted by molar-refractivity contribution is 5.87. The number of aromatic nitrogens is 1. The van der Waals surface area contributed by atoms with Crippen molar-refractivity contribution in [1.82, 2.24) is 4.57 Å². The zero-order valence-corrected chi connectivity index (χ0v) is 18.6. The fourth-order valence-corrected chi connectivity index (χ4v) is 3.85. The number of aromatic carboxylic acids is 1. The van der Waals surface area contributed by atoms with E-state index in [9.17, 15) is 24.6 Å². The van der Waals surface area contributed by atoms with Crippen LogP contribution >= 0.6 is 0 Å². The van der Waals surface area contributed by atoms with Crippen LogP contribution in [0, 0.1) is 5.41 Å².